The smallest absolute Gasteiger partial charge is 0.251 e. The van der Waals surface area contributed by atoms with Gasteiger partial charge in [0.05, 0.1) is 13.2 Å². The molecule has 0 saturated heterocycles. The van der Waals surface area contributed by atoms with Crippen molar-refractivity contribution in [3.05, 3.63) is 54.1 Å². The van der Waals surface area contributed by atoms with Gasteiger partial charge in [-0.2, -0.15) is 0 Å². The lowest BCUT2D eigenvalue weighted by Gasteiger charge is -2.20. The van der Waals surface area contributed by atoms with E-state index in [1.165, 1.54) is 0 Å². The molecule has 6 heteroatoms. The molecule has 0 aromatic heterocycles. The van der Waals surface area contributed by atoms with E-state index in [0.717, 1.165) is 12.2 Å². The van der Waals surface area contributed by atoms with E-state index >= 15 is 0 Å². The van der Waals surface area contributed by atoms with Crippen molar-refractivity contribution in [2.45, 2.75) is 39.7 Å². The molecular weight excluding hydrogens is 354 g/mol. The highest BCUT2D eigenvalue weighted by atomic mass is 16.5. The van der Waals surface area contributed by atoms with E-state index in [1.54, 1.807) is 30.3 Å². The van der Waals surface area contributed by atoms with Gasteiger partial charge < -0.3 is 20.7 Å². The maximum atomic E-state index is 12.3. The summed E-state index contributed by atoms with van der Waals surface area (Å²) in [6.07, 6.45) is 0.948. The van der Waals surface area contributed by atoms with Crippen molar-refractivity contribution < 1.29 is 14.3 Å². The Bertz CT molecular complexity index is 795. The van der Waals surface area contributed by atoms with E-state index < -0.39 is 0 Å². The molecule has 2 amide bonds. The van der Waals surface area contributed by atoms with Crippen molar-refractivity contribution >= 4 is 23.2 Å². The van der Waals surface area contributed by atoms with Crippen LogP contribution in [-0.4, -0.2) is 30.5 Å². The molecule has 0 radical (unpaired) electrons. The molecule has 3 N–H and O–H groups in total. The number of nitrogens with one attached hydrogen (secondary N) is 3. The van der Waals surface area contributed by atoms with Gasteiger partial charge in [-0.15, -0.1) is 0 Å². The van der Waals surface area contributed by atoms with Gasteiger partial charge >= 0.3 is 0 Å². The maximum Gasteiger partial charge on any atom is 0.251 e. The van der Waals surface area contributed by atoms with E-state index in [4.69, 9.17) is 4.74 Å². The van der Waals surface area contributed by atoms with E-state index in [1.807, 2.05) is 45.9 Å². The summed E-state index contributed by atoms with van der Waals surface area (Å²) < 4.78 is 5.52. The number of ether oxygens (including phenoxy) is 1. The van der Waals surface area contributed by atoms with Gasteiger partial charge in [0.1, 0.15) is 5.75 Å². The predicted octanol–water partition coefficient (Wildman–Crippen LogP) is 4.05. The summed E-state index contributed by atoms with van der Waals surface area (Å²) in [5, 5.41) is 8.79. The first kappa shape index (κ1) is 21.3. The summed E-state index contributed by atoms with van der Waals surface area (Å²) >= 11 is 0. The number of hydrogen-bond donors (Lipinski definition) is 3. The average molecular weight is 383 g/mol. The molecule has 0 atom stereocenters. The van der Waals surface area contributed by atoms with Gasteiger partial charge in [0.2, 0.25) is 5.91 Å². The summed E-state index contributed by atoms with van der Waals surface area (Å²) in [6.45, 7) is 8.61. The Balaban J connectivity index is 1.87. The number of carbonyl (C=O) groups excluding carboxylic acids is 2. The first-order valence-electron chi connectivity index (χ1n) is 9.46. The van der Waals surface area contributed by atoms with Crippen LogP contribution in [0, 0.1) is 0 Å². The van der Waals surface area contributed by atoms with Crippen LogP contribution < -0.4 is 20.7 Å². The minimum absolute atomic E-state index is 0.0957. The van der Waals surface area contributed by atoms with E-state index in [2.05, 4.69) is 16.0 Å². The zero-order valence-corrected chi connectivity index (χ0v) is 17.0. The summed E-state index contributed by atoms with van der Waals surface area (Å²) in [5.74, 6) is 0.459. The Kier molecular flexibility index (Phi) is 7.44. The van der Waals surface area contributed by atoms with Crippen LogP contribution in [-0.2, 0) is 4.79 Å². The molecule has 0 saturated carbocycles. The number of anilines is 2. The first-order chi connectivity index (χ1) is 13.3. The van der Waals surface area contributed by atoms with Crippen molar-refractivity contribution in [3.8, 4) is 5.75 Å². The Hall–Kier alpha value is -3.02. The Morgan fingerprint density at radius 2 is 1.71 bits per heavy atom. The van der Waals surface area contributed by atoms with Crippen LogP contribution in [0.3, 0.4) is 0 Å². The molecular formula is C22H29N3O3. The molecule has 0 spiro atoms. The molecule has 0 unspecified atom stereocenters. The van der Waals surface area contributed by atoms with Crippen LogP contribution in [0.4, 0.5) is 11.4 Å². The topological polar surface area (TPSA) is 79.5 Å². The first-order valence-corrected chi connectivity index (χ1v) is 9.46. The van der Waals surface area contributed by atoms with Gasteiger partial charge in [0.25, 0.3) is 5.91 Å². The van der Waals surface area contributed by atoms with Gasteiger partial charge in [0.15, 0.2) is 0 Å². The number of rotatable bonds is 8. The van der Waals surface area contributed by atoms with E-state index in [-0.39, 0.29) is 23.9 Å². The molecule has 0 fully saturated rings. The highest BCUT2D eigenvalue weighted by molar-refractivity contribution is 5.96. The van der Waals surface area contributed by atoms with Gasteiger partial charge in [-0.25, -0.2) is 0 Å². The minimum Gasteiger partial charge on any atom is -0.494 e. The highest BCUT2D eigenvalue weighted by Crippen LogP contribution is 2.16. The van der Waals surface area contributed by atoms with Gasteiger partial charge in [-0.05, 0) is 69.7 Å². The average Bonchev–Trinajstić information content (AvgIpc) is 2.65. The molecule has 2 rings (SSSR count). The molecule has 2 aromatic carbocycles. The molecule has 28 heavy (non-hydrogen) atoms. The molecule has 150 valence electrons. The number of carbonyl (C=O) groups is 2. The second kappa shape index (κ2) is 9.78. The summed E-state index contributed by atoms with van der Waals surface area (Å²) in [6, 6.07) is 14.4. The summed E-state index contributed by atoms with van der Waals surface area (Å²) in [7, 11) is 0. The number of benzene rings is 2. The van der Waals surface area contributed by atoms with Gasteiger partial charge in [-0.1, -0.05) is 13.0 Å². The zero-order chi connectivity index (χ0) is 20.6. The third-order valence-electron chi connectivity index (χ3n) is 3.68. The highest BCUT2D eigenvalue weighted by Gasteiger charge is 2.15. The Labute approximate surface area is 166 Å². The lowest BCUT2D eigenvalue weighted by molar-refractivity contribution is -0.114. The van der Waals surface area contributed by atoms with Crippen molar-refractivity contribution in [1.82, 2.24) is 5.32 Å². The third-order valence-corrected chi connectivity index (χ3v) is 3.68. The second-order valence-corrected chi connectivity index (χ2v) is 7.56. The standard InChI is InChI=1S/C22H29N3O3/c1-5-13-28-19-11-9-17(10-12-19)24-20(26)15-23-18-8-6-7-16(14-18)21(27)25-22(2,3)4/h6-12,14,23H,5,13,15H2,1-4H3,(H,24,26)(H,25,27). The van der Waals surface area contributed by atoms with Crippen LogP contribution >= 0.6 is 0 Å². The molecule has 0 aliphatic rings. The molecule has 0 aliphatic carbocycles. The second-order valence-electron chi connectivity index (χ2n) is 7.56. The largest absolute Gasteiger partial charge is 0.494 e. The molecule has 0 heterocycles. The van der Waals surface area contributed by atoms with Crippen molar-refractivity contribution in [3.63, 3.8) is 0 Å². The summed E-state index contributed by atoms with van der Waals surface area (Å²) in [5.41, 5.74) is 1.65. The van der Waals surface area contributed by atoms with Crippen molar-refractivity contribution in [1.29, 1.82) is 0 Å². The predicted molar refractivity (Wildman–Crippen MR) is 113 cm³/mol. The Morgan fingerprint density at radius 3 is 2.36 bits per heavy atom. The zero-order valence-electron chi connectivity index (χ0n) is 17.0. The lowest BCUT2D eigenvalue weighted by Crippen LogP contribution is -2.40. The van der Waals surface area contributed by atoms with Crippen molar-refractivity contribution in [2.75, 3.05) is 23.8 Å². The SMILES string of the molecule is CCCOc1ccc(NC(=O)CNc2cccc(C(=O)NC(C)(C)C)c2)cc1. The maximum absolute atomic E-state index is 12.3. The fraction of sp³-hybridized carbons (Fsp3) is 0.364. The molecule has 0 bridgehead atoms. The Morgan fingerprint density at radius 1 is 1.00 bits per heavy atom. The van der Waals surface area contributed by atoms with Gasteiger partial charge in [-0.3, -0.25) is 9.59 Å². The van der Waals surface area contributed by atoms with Crippen LogP contribution in [0.2, 0.25) is 0 Å². The molecule has 2 aromatic rings. The van der Waals surface area contributed by atoms with Gasteiger partial charge in [0, 0.05) is 22.5 Å². The van der Waals surface area contributed by atoms with Crippen LogP contribution in [0.5, 0.6) is 5.75 Å². The molecule has 0 aliphatic heterocycles. The van der Waals surface area contributed by atoms with Crippen molar-refractivity contribution in [2.24, 2.45) is 0 Å². The van der Waals surface area contributed by atoms with E-state index in [0.29, 0.717) is 23.5 Å². The fourth-order valence-corrected chi connectivity index (χ4v) is 2.43. The van der Waals surface area contributed by atoms with Crippen LogP contribution in [0.1, 0.15) is 44.5 Å². The summed E-state index contributed by atoms with van der Waals surface area (Å²) in [4.78, 5) is 24.4. The fourth-order valence-electron chi connectivity index (χ4n) is 2.43. The number of hydrogen-bond acceptors (Lipinski definition) is 4. The quantitative estimate of drug-likeness (QED) is 0.642. The minimum atomic E-state index is -0.308. The lowest BCUT2D eigenvalue weighted by atomic mass is 10.1. The normalized spacial score (nSPS) is 10.9. The van der Waals surface area contributed by atoms with E-state index in [9.17, 15) is 9.59 Å². The number of amides is 2. The van der Waals surface area contributed by atoms with Crippen LogP contribution in [0.25, 0.3) is 0 Å². The monoisotopic (exact) mass is 383 g/mol. The third kappa shape index (κ3) is 7.31. The van der Waals surface area contributed by atoms with Crippen LogP contribution in [0.15, 0.2) is 48.5 Å². The molecule has 6 nitrogen and oxygen atoms in total.